The summed E-state index contributed by atoms with van der Waals surface area (Å²) in [5, 5.41) is 5.51. The van der Waals surface area contributed by atoms with Gasteiger partial charge in [-0.3, -0.25) is 0 Å². The molecule has 0 unspecified atom stereocenters. The molecule has 88 valence electrons. The summed E-state index contributed by atoms with van der Waals surface area (Å²) in [7, 11) is 1.60. The van der Waals surface area contributed by atoms with Crippen LogP contribution in [0.4, 0.5) is 10.5 Å². The SMILES string of the molecule is COC[C@H](C)NC(=O)Nc1ccccc1Br. The Hall–Kier alpha value is -1.07. The molecule has 0 bridgehead atoms. The summed E-state index contributed by atoms with van der Waals surface area (Å²) in [6, 6.07) is 7.18. The Morgan fingerprint density at radius 3 is 2.81 bits per heavy atom. The molecule has 0 radical (unpaired) electrons. The number of benzene rings is 1. The minimum atomic E-state index is -0.239. The number of halogens is 1. The molecule has 4 nitrogen and oxygen atoms in total. The average molecular weight is 287 g/mol. The van der Waals surface area contributed by atoms with Crippen molar-refractivity contribution in [1.82, 2.24) is 5.32 Å². The number of ether oxygens (including phenoxy) is 1. The number of nitrogens with one attached hydrogen (secondary N) is 2. The van der Waals surface area contributed by atoms with Crippen molar-refractivity contribution in [3.8, 4) is 0 Å². The lowest BCUT2D eigenvalue weighted by molar-refractivity contribution is 0.173. The minimum Gasteiger partial charge on any atom is -0.383 e. The predicted molar refractivity (Wildman–Crippen MR) is 67.6 cm³/mol. The molecule has 2 N–H and O–H groups in total. The smallest absolute Gasteiger partial charge is 0.319 e. The third-order valence-corrected chi connectivity index (χ3v) is 2.61. The van der Waals surface area contributed by atoms with E-state index in [2.05, 4.69) is 26.6 Å². The largest absolute Gasteiger partial charge is 0.383 e. The Kier molecular flexibility index (Phi) is 5.28. The van der Waals surface area contributed by atoms with Crippen LogP contribution in [0.5, 0.6) is 0 Å². The highest BCUT2D eigenvalue weighted by Gasteiger charge is 2.07. The highest BCUT2D eigenvalue weighted by molar-refractivity contribution is 9.10. The molecule has 0 spiro atoms. The second-order valence-corrected chi connectivity index (χ2v) is 4.29. The first-order valence-electron chi connectivity index (χ1n) is 4.94. The minimum absolute atomic E-state index is 0.0208. The molecule has 0 fully saturated rings. The first-order chi connectivity index (χ1) is 7.63. The average Bonchev–Trinajstić information content (AvgIpc) is 2.21. The van der Waals surface area contributed by atoms with Gasteiger partial charge in [-0.2, -0.15) is 0 Å². The van der Waals surface area contributed by atoms with Crippen molar-refractivity contribution >= 4 is 27.6 Å². The van der Waals surface area contributed by atoms with Gasteiger partial charge in [0.1, 0.15) is 0 Å². The fraction of sp³-hybridized carbons (Fsp3) is 0.364. The van der Waals surface area contributed by atoms with Crippen LogP contribution in [0.1, 0.15) is 6.92 Å². The zero-order valence-corrected chi connectivity index (χ0v) is 10.9. The number of amides is 2. The molecule has 2 amide bonds. The van der Waals surface area contributed by atoms with Gasteiger partial charge in [0.25, 0.3) is 0 Å². The molecule has 0 saturated carbocycles. The highest BCUT2D eigenvalue weighted by Crippen LogP contribution is 2.20. The number of rotatable bonds is 4. The Balaban J connectivity index is 2.49. The van der Waals surface area contributed by atoms with Crippen molar-refractivity contribution in [2.45, 2.75) is 13.0 Å². The molecular formula is C11H15BrN2O2. The first kappa shape index (κ1) is 13.0. The zero-order valence-electron chi connectivity index (χ0n) is 9.29. The van der Waals surface area contributed by atoms with Crippen molar-refractivity contribution in [1.29, 1.82) is 0 Å². The van der Waals surface area contributed by atoms with E-state index in [-0.39, 0.29) is 12.1 Å². The van der Waals surface area contributed by atoms with Crippen molar-refractivity contribution in [2.75, 3.05) is 19.0 Å². The lowest BCUT2D eigenvalue weighted by atomic mass is 10.3. The first-order valence-corrected chi connectivity index (χ1v) is 5.73. The van der Waals surface area contributed by atoms with Crippen LogP contribution in [0.25, 0.3) is 0 Å². The van der Waals surface area contributed by atoms with E-state index in [0.29, 0.717) is 6.61 Å². The number of para-hydroxylation sites is 1. The van der Waals surface area contributed by atoms with Crippen LogP contribution >= 0.6 is 15.9 Å². The maximum absolute atomic E-state index is 11.6. The van der Waals surface area contributed by atoms with Crippen LogP contribution in [0.15, 0.2) is 28.7 Å². The molecule has 0 heterocycles. The summed E-state index contributed by atoms with van der Waals surface area (Å²) in [6.45, 7) is 2.37. The van der Waals surface area contributed by atoms with Gasteiger partial charge in [-0.05, 0) is 35.0 Å². The van der Waals surface area contributed by atoms with Gasteiger partial charge in [0.05, 0.1) is 18.3 Å². The molecule has 0 aromatic heterocycles. The van der Waals surface area contributed by atoms with Crippen LogP contribution < -0.4 is 10.6 Å². The van der Waals surface area contributed by atoms with Gasteiger partial charge >= 0.3 is 6.03 Å². The maximum atomic E-state index is 11.6. The summed E-state index contributed by atoms with van der Waals surface area (Å²) in [6.07, 6.45) is 0. The molecule has 0 aliphatic rings. The predicted octanol–water partition coefficient (Wildman–Crippen LogP) is 2.61. The van der Waals surface area contributed by atoms with E-state index in [0.717, 1.165) is 10.2 Å². The van der Waals surface area contributed by atoms with Crippen LogP contribution in [0.2, 0.25) is 0 Å². The van der Waals surface area contributed by atoms with Crippen LogP contribution in [0.3, 0.4) is 0 Å². The van der Waals surface area contributed by atoms with Crippen molar-refractivity contribution in [2.24, 2.45) is 0 Å². The van der Waals surface area contributed by atoms with Crippen LogP contribution in [0, 0.1) is 0 Å². The zero-order chi connectivity index (χ0) is 12.0. The summed E-state index contributed by atoms with van der Waals surface area (Å²) >= 11 is 3.35. The molecule has 1 aromatic rings. The molecule has 1 rings (SSSR count). The van der Waals surface area contributed by atoms with Crippen LogP contribution in [-0.2, 0) is 4.74 Å². The number of hydrogen-bond acceptors (Lipinski definition) is 2. The highest BCUT2D eigenvalue weighted by atomic mass is 79.9. The summed E-state index contributed by atoms with van der Waals surface area (Å²) < 4.78 is 5.78. The lowest BCUT2D eigenvalue weighted by Crippen LogP contribution is -2.38. The third-order valence-electron chi connectivity index (χ3n) is 1.92. The summed E-state index contributed by atoms with van der Waals surface area (Å²) in [5.74, 6) is 0. The Labute approximate surface area is 103 Å². The lowest BCUT2D eigenvalue weighted by Gasteiger charge is -2.14. The number of urea groups is 1. The topological polar surface area (TPSA) is 50.4 Å². The molecule has 0 aliphatic heterocycles. The van der Waals surface area contributed by atoms with E-state index in [1.807, 2.05) is 31.2 Å². The van der Waals surface area contributed by atoms with Gasteiger partial charge in [0, 0.05) is 11.6 Å². The molecule has 5 heteroatoms. The van der Waals surface area contributed by atoms with Gasteiger partial charge in [-0.1, -0.05) is 12.1 Å². The quantitative estimate of drug-likeness (QED) is 0.894. The van der Waals surface area contributed by atoms with E-state index in [9.17, 15) is 4.79 Å². The number of carbonyl (C=O) groups excluding carboxylic acids is 1. The molecule has 1 aromatic carbocycles. The second-order valence-electron chi connectivity index (χ2n) is 3.43. The fourth-order valence-electron chi connectivity index (χ4n) is 1.24. The number of methoxy groups -OCH3 is 1. The van der Waals surface area contributed by atoms with E-state index in [4.69, 9.17) is 4.74 Å². The Morgan fingerprint density at radius 2 is 2.19 bits per heavy atom. The Morgan fingerprint density at radius 1 is 1.50 bits per heavy atom. The van der Waals surface area contributed by atoms with Gasteiger partial charge < -0.3 is 15.4 Å². The van der Waals surface area contributed by atoms with Gasteiger partial charge in [-0.25, -0.2) is 4.79 Å². The van der Waals surface area contributed by atoms with Crippen LogP contribution in [-0.4, -0.2) is 25.8 Å². The van der Waals surface area contributed by atoms with E-state index in [1.54, 1.807) is 7.11 Å². The van der Waals surface area contributed by atoms with E-state index >= 15 is 0 Å². The second kappa shape index (κ2) is 6.50. The number of hydrogen-bond donors (Lipinski definition) is 2. The van der Waals surface area contributed by atoms with Gasteiger partial charge in [0.15, 0.2) is 0 Å². The van der Waals surface area contributed by atoms with Gasteiger partial charge in [0.2, 0.25) is 0 Å². The number of anilines is 1. The van der Waals surface area contributed by atoms with Crippen molar-refractivity contribution in [3.63, 3.8) is 0 Å². The number of carbonyl (C=O) groups is 1. The third kappa shape index (κ3) is 4.20. The molecule has 16 heavy (non-hydrogen) atoms. The summed E-state index contributed by atoms with van der Waals surface area (Å²) in [5.41, 5.74) is 0.740. The molecule has 0 saturated heterocycles. The van der Waals surface area contributed by atoms with E-state index < -0.39 is 0 Å². The Bertz CT molecular complexity index is 358. The molecule has 0 aliphatic carbocycles. The van der Waals surface area contributed by atoms with Gasteiger partial charge in [-0.15, -0.1) is 0 Å². The van der Waals surface area contributed by atoms with Crippen molar-refractivity contribution in [3.05, 3.63) is 28.7 Å². The molecular weight excluding hydrogens is 272 g/mol. The normalized spacial score (nSPS) is 11.9. The monoisotopic (exact) mass is 286 g/mol. The maximum Gasteiger partial charge on any atom is 0.319 e. The fourth-order valence-corrected chi connectivity index (χ4v) is 1.62. The van der Waals surface area contributed by atoms with Crippen molar-refractivity contribution < 1.29 is 9.53 Å². The van der Waals surface area contributed by atoms with E-state index in [1.165, 1.54) is 0 Å². The standard InChI is InChI=1S/C11H15BrN2O2/c1-8(7-16-2)13-11(15)14-10-6-4-3-5-9(10)12/h3-6,8H,7H2,1-2H3,(H2,13,14,15)/t8-/m0/s1. The summed E-state index contributed by atoms with van der Waals surface area (Å²) in [4.78, 5) is 11.6. The molecule has 1 atom stereocenters.